The first-order chi connectivity index (χ1) is 12.0. The number of sulfonamides is 1. The number of hydrogen-bond acceptors (Lipinski definition) is 6. The summed E-state index contributed by atoms with van der Waals surface area (Å²) in [4.78, 5) is 8.39. The van der Waals surface area contributed by atoms with Gasteiger partial charge in [0.2, 0.25) is 11.7 Å². The lowest BCUT2D eigenvalue weighted by Crippen LogP contribution is -2.29. The molecule has 2 aromatic heterocycles. The average molecular weight is 359 g/mol. The molecule has 1 fully saturated rings. The number of aryl methyl sites for hydroxylation is 1. The molecule has 3 aromatic rings. The second-order valence-corrected chi connectivity index (χ2v) is 7.93. The summed E-state index contributed by atoms with van der Waals surface area (Å²) in [6.07, 6.45) is 3.62. The Morgan fingerprint density at radius 2 is 2.04 bits per heavy atom. The van der Waals surface area contributed by atoms with Crippen molar-refractivity contribution in [3.63, 3.8) is 0 Å². The normalized spacial score (nSPS) is 18.7. The SMILES string of the molecule is Cn1cnc(S(=O)(=O)N2CC[C@H](c3nc(-c4ccccc4)no3)C2)c1. The van der Waals surface area contributed by atoms with Crippen LogP contribution in [0, 0.1) is 0 Å². The molecule has 0 aliphatic carbocycles. The fraction of sp³-hybridized carbons (Fsp3) is 0.312. The highest BCUT2D eigenvalue weighted by molar-refractivity contribution is 7.89. The standard InChI is InChI=1S/C16H17N5O3S/c1-20-10-14(17-11-20)25(22,23)21-8-7-13(9-21)16-18-15(19-24-16)12-5-3-2-4-6-12/h2-6,10-11,13H,7-9H2,1H3/t13-/m0/s1. The van der Waals surface area contributed by atoms with Gasteiger partial charge in [-0.3, -0.25) is 0 Å². The molecule has 1 saturated heterocycles. The van der Waals surface area contributed by atoms with Gasteiger partial charge in [0.15, 0.2) is 5.03 Å². The van der Waals surface area contributed by atoms with Gasteiger partial charge >= 0.3 is 0 Å². The molecule has 9 heteroatoms. The van der Waals surface area contributed by atoms with Crippen LogP contribution in [-0.4, -0.2) is 45.5 Å². The highest BCUT2D eigenvalue weighted by atomic mass is 32.2. The molecule has 0 spiro atoms. The number of benzene rings is 1. The summed E-state index contributed by atoms with van der Waals surface area (Å²) < 4.78 is 33.7. The van der Waals surface area contributed by atoms with Gasteiger partial charge in [-0.15, -0.1) is 0 Å². The third-order valence-corrected chi connectivity index (χ3v) is 6.01. The predicted molar refractivity (Wildman–Crippen MR) is 89.1 cm³/mol. The molecule has 0 saturated carbocycles. The minimum Gasteiger partial charge on any atom is -0.339 e. The van der Waals surface area contributed by atoms with Gasteiger partial charge in [0, 0.05) is 31.9 Å². The summed E-state index contributed by atoms with van der Waals surface area (Å²) in [6, 6.07) is 9.54. The highest BCUT2D eigenvalue weighted by Gasteiger charge is 2.36. The molecule has 1 aliphatic rings. The molecule has 0 radical (unpaired) electrons. The van der Waals surface area contributed by atoms with E-state index in [1.807, 2.05) is 30.3 Å². The lowest BCUT2D eigenvalue weighted by molar-refractivity contribution is 0.354. The fourth-order valence-corrected chi connectivity index (χ4v) is 4.37. The molecular weight excluding hydrogens is 342 g/mol. The molecule has 1 aliphatic heterocycles. The second kappa shape index (κ2) is 6.08. The van der Waals surface area contributed by atoms with Crippen LogP contribution in [0.4, 0.5) is 0 Å². The molecule has 0 bridgehead atoms. The van der Waals surface area contributed by atoms with E-state index in [1.165, 1.54) is 16.8 Å². The van der Waals surface area contributed by atoms with Crippen LogP contribution in [0.3, 0.4) is 0 Å². The average Bonchev–Trinajstić information content (AvgIpc) is 3.35. The van der Waals surface area contributed by atoms with Crippen LogP contribution >= 0.6 is 0 Å². The Balaban J connectivity index is 1.52. The summed E-state index contributed by atoms with van der Waals surface area (Å²) in [7, 11) is -1.85. The maximum Gasteiger partial charge on any atom is 0.262 e. The summed E-state index contributed by atoms with van der Waals surface area (Å²) in [5.74, 6) is 0.877. The number of rotatable bonds is 4. The molecule has 3 heterocycles. The third-order valence-electron chi connectivity index (χ3n) is 4.26. The summed E-state index contributed by atoms with van der Waals surface area (Å²) >= 11 is 0. The van der Waals surface area contributed by atoms with Crippen LogP contribution in [0.2, 0.25) is 0 Å². The summed E-state index contributed by atoms with van der Waals surface area (Å²) in [5.41, 5.74) is 0.869. The van der Waals surface area contributed by atoms with Crippen molar-refractivity contribution in [3.05, 3.63) is 48.7 Å². The Morgan fingerprint density at radius 1 is 1.24 bits per heavy atom. The zero-order chi connectivity index (χ0) is 17.4. The Morgan fingerprint density at radius 3 is 2.76 bits per heavy atom. The van der Waals surface area contributed by atoms with Crippen molar-refractivity contribution in [1.29, 1.82) is 0 Å². The molecule has 0 unspecified atom stereocenters. The van der Waals surface area contributed by atoms with Gasteiger partial charge < -0.3 is 9.09 Å². The molecule has 0 amide bonds. The zero-order valence-electron chi connectivity index (χ0n) is 13.6. The maximum atomic E-state index is 12.6. The first-order valence-electron chi connectivity index (χ1n) is 7.91. The Hall–Kier alpha value is -2.52. The lowest BCUT2D eigenvalue weighted by Gasteiger charge is -2.13. The number of aromatic nitrogens is 4. The third kappa shape index (κ3) is 2.96. The minimum atomic E-state index is -3.59. The van der Waals surface area contributed by atoms with E-state index in [2.05, 4.69) is 15.1 Å². The van der Waals surface area contributed by atoms with Crippen LogP contribution in [0.25, 0.3) is 11.4 Å². The smallest absolute Gasteiger partial charge is 0.262 e. The van der Waals surface area contributed by atoms with Gasteiger partial charge in [-0.25, -0.2) is 13.4 Å². The van der Waals surface area contributed by atoms with E-state index < -0.39 is 10.0 Å². The van der Waals surface area contributed by atoms with E-state index >= 15 is 0 Å². The van der Waals surface area contributed by atoms with Crippen molar-refractivity contribution in [1.82, 2.24) is 24.0 Å². The van der Waals surface area contributed by atoms with Gasteiger partial charge in [-0.05, 0) is 6.42 Å². The molecule has 4 rings (SSSR count). The molecule has 130 valence electrons. The predicted octanol–water partition coefficient (Wildman–Crippen LogP) is 1.65. The van der Waals surface area contributed by atoms with Gasteiger partial charge in [-0.1, -0.05) is 35.5 Å². The first kappa shape index (κ1) is 16.0. The summed E-state index contributed by atoms with van der Waals surface area (Å²) in [5, 5.41) is 4.07. The van der Waals surface area contributed by atoms with Gasteiger partial charge in [0.05, 0.1) is 12.2 Å². The van der Waals surface area contributed by atoms with E-state index in [0.717, 1.165) is 5.56 Å². The number of nitrogens with zero attached hydrogens (tertiary/aromatic N) is 5. The second-order valence-electron chi connectivity index (χ2n) is 6.05. The van der Waals surface area contributed by atoms with E-state index in [4.69, 9.17) is 4.52 Å². The van der Waals surface area contributed by atoms with Crippen molar-refractivity contribution in [2.45, 2.75) is 17.4 Å². The van der Waals surface area contributed by atoms with Crippen molar-refractivity contribution >= 4 is 10.0 Å². The van der Waals surface area contributed by atoms with Gasteiger partial charge in [0.25, 0.3) is 10.0 Å². The van der Waals surface area contributed by atoms with E-state index in [-0.39, 0.29) is 10.9 Å². The number of imidazole rings is 1. The molecule has 0 N–H and O–H groups in total. The van der Waals surface area contributed by atoms with Crippen LogP contribution in [0.5, 0.6) is 0 Å². The van der Waals surface area contributed by atoms with Crippen molar-refractivity contribution < 1.29 is 12.9 Å². The van der Waals surface area contributed by atoms with Gasteiger partial charge in [0.1, 0.15) is 0 Å². The van der Waals surface area contributed by atoms with Crippen molar-refractivity contribution in [3.8, 4) is 11.4 Å². The molecule has 25 heavy (non-hydrogen) atoms. The highest BCUT2D eigenvalue weighted by Crippen LogP contribution is 2.30. The quantitative estimate of drug-likeness (QED) is 0.703. The molecule has 1 aromatic carbocycles. The maximum absolute atomic E-state index is 12.6. The van der Waals surface area contributed by atoms with Crippen molar-refractivity contribution in [2.75, 3.05) is 13.1 Å². The van der Waals surface area contributed by atoms with E-state index in [9.17, 15) is 8.42 Å². The Kier molecular flexibility index (Phi) is 3.89. The fourth-order valence-electron chi connectivity index (χ4n) is 2.91. The van der Waals surface area contributed by atoms with Gasteiger partial charge in [-0.2, -0.15) is 9.29 Å². The Bertz CT molecular complexity index is 980. The van der Waals surface area contributed by atoms with Crippen LogP contribution in [-0.2, 0) is 17.1 Å². The molecule has 8 nitrogen and oxygen atoms in total. The lowest BCUT2D eigenvalue weighted by atomic mass is 10.1. The van der Waals surface area contributed by atoms with Crippen LogP contribution in [0.1, 0.15) is 18.2 Å². The topological polar surface area (TPSA) is 94.1 Å². The largest absolute Gasteiger partial charge is 0.339 e. The molecular formula is C16H17N5O3S. The van der Waals surface area contributed by atoms with Crippen LogP contribution in [0.15, 0.2) is 52.4 Å². The first-order valence-corrected chi connectivity index (χ1v) is 9.35. The van der Waals surface area contributed by atoms with Crippen LogP contribution < -0.4 is 0 Å². The van der Waals surface area contributed by atoms with Crippen molar-refractivity contribution in [2.24, 2.45) is 7.05 Å². The van der Waals surface area contributed by atoms with E-state index in [1.54, 1.807) is 11.6 Å². The molecule has 1 atom stereocenters. The summed E-state index contributed by atoms with van der Waals surface area (Å²) in [6.45, 7) is 0.724. The van der Waals surface area contributed by atoms with E-state index in [0.29, 0.717) is 31.2 Å². The minimum absolute atomic E-state index is 0.0613. The Labute approximate surface area is 145 Å². The zero-order valence-corrected chi connectivity index (χ0v) is 14.4. The monoisotopic (exact) mass is 359 g/mol. The number of hydrogen-bond donors (Lipinski definition) is 0.